The van der Waals surface area contributed by atoms with Gasteiger partial charge >= 0.3 is 0 Å². The summed E-state index contributed by atoms with van der Waals surface area (Å²) < 4.78 is 37.0. The molecule has 1 N–H and O–H groups in total. The highest BCUT2D eigenvalue weighted by atomic mass is 32.1. The van der Waals surface area contributed by atoms with Crippen molar-refractivity contribution in [3.05, 3.63) is 64.1 Å². The van der Waals surface area contributed by atoms with Gasteiger partial charge in [0.15, 0.2) is 22.5 Å². The Hall–Kier alpha value is -2.74. The van der Waals surface area contributed by atoms with Crippen molar-refractivity contribution in [2.45, 2.75) is 20.5 Å². The van der Waals surface area contributed by atoms with E-state index in [0.717, 1.165) is 22.7 Å². The fourth-order valence-electron chi connectivity index (χ4n) is 2.00. The minimum absolute atomic E-state index is 0.0867. The molecule has 2 aromatic heterocycles. The molecule has 3 aromatic rings. The largest absolute Gasteiger partial charge is 0.483 e. The summed E-state index contributed by atoms with van der Waals surface area (Å²) >= 11 is 1.37. The van der Waals surface area contributed by atoms with Crippen molar-refractivity contribution in [1.29, 1.82) is 0 Å². The first-order valence-electron chi connectivity index (χ1n) is 7.34. The maximum absolute atomic E-state index is 13.5. The molecule has 3 rings (SSSR count). The number of thiazole rings is 1. The van der Waals surface area contributed by atoms with E-state index >= 15 is 0 Å². The van der Waals surface area contributed by atoms with Crippen molar-refractivity contribution in [2.75, 3.05) is 5.32 Å². The number of benzene rings is 1. The summed E-state index contributed by atoms with van der Waals surface area (Å²) in [5.41, 5.74) is 0.857. The van der Waals surface area contributed by atoms with Crippen molar-refractivity contribution < 1.29 is 22.7 Å². The summed E-state index contributed by atoms with van der Waals surface area (Å²) in [7, 11) is 0. The molecule has 1 aromatic carbocycles. The lowest BCUT2D eigenvalue weighted by Gasteiger charge is -2.05. The van der Waals surface area contributed by atoms with Crippen LogP contribution in [0.25, 0.3) is 0 Å². The molecule has 25 heavy (non-hydrogen) atoms. The monoisotopic (exact) mass is 364 g/mol. The third-order valence-electron chi connectivity index (χ3n) is 3.40. The number of aromatic nitrogens is 1. The smallest absolute Gasteiger partial charge is 0.293 e. The number of hydrogen-bond donors (Lipinski definition) is 1. The van der Waals surface area contributed by atoms with Crippen molar-refractivity contribution in [3.63, 3.8) is 0 Å². The van der Waals surface area contributed by atoms with Crippen LogP contribution in [-0.2, 0) is 6.61 Å². The highest BCUT2D eigenvalue weighted by molar-refractivity contribution is 7.15. The van der Waals surface area contributed by atoms with Gasteiger partial charge in [-0.05, 0) is 38.1 Å². The van der Waals surface area contributed by atoms with E-state index < -0.39 is 17.5 Å². The molecule has 0 bridgehead atoms. The molecule has 0 fully saturated rings. The Bertz CT molecular complexity index is 901. The molecule has 2 heterocycles. The summed E-state index contributed by atoms with van der Waals surface area (Å²) in [6.45, 7) is 3.68. The van der Waals surface area contributed by atoms with Crippen LogP contribution in [0.2, 0.25) is 0 Å². The SMILES string of the molecule is Cc1nc(NC(=O)c2ccc(COc3ccc(F)cc3F)o2)sc1C. The van der Waals surface area contributed by atoms with Gasteiger partial charge in [-0.3, -0.25) is 10.1 Å². The second-order valence-electron chi connectivity index (χ2n) is 5.24. The highest BCUT2D eigenvalue weighted by Gasteiger charge is 2.15. The average Bonchev–Trinajstić information content (AvgIpc) is 3.14. The molecule has 0 aliphatic carbocycles. The molecule has 0 saturated carbocycles. The van der Waals surface area contributed by atoms with Gasteiger partial charge in [-0.25, -0.2) is 13.8 Å². The summed E-state index contributed by atoms with van der Waals surface area (Å²) in [5, 5.41) is 3.14. The van der Waals surface area contributed by atoms with Crippen LogP contribution in [-0.4, -0.2) is 10.9 Å². The van der Waals surface area contributed by atoms with Crippen LogP contribution < -0.4 is 10.1 Å². The fourth-order valence-corrected chi connectivity index (χ4v) is 2.81. The lowest BCUT2D eigenvalue weighted by molar-refractivity contribution is 0.0992. The lowest BCUT2D eigenvalue weighted by atomic mass is 10.3. The van der Waals surface area contributed by atoms with Crippen molar-refractivity contribution in [1.82, 2.24) is 4.98 Å². The quantitative estimate of drug-likeness (QED) is 0.726. The third kappa shape index (κ3) is 4.03. The zero-order chi connectivity index (χ0) is 18.0. The van der Waals surface area contributed by atoms with Gasteiger partial charge in [-0.2, -0.15) is 0 Å². The summed E-state index contributed by atoms with van der Waals surface area (Å²) in [6, 6.07) is 6.05. The fraction of sp³-hybridized carbons (Fsp3) is 0.176. The zero-order valence-electron chi connectivity index (χ0n) is 13.4. The van der Waals surface area contributed by atoms with E-state index in [1.165, 1.54) is 23.5 Å². The predicted octanol–water partition coefficient (Wildman–Crippen LogP) is 4.46. The molecular formula is C17H14F2N2O3S. The second kappa shape index (κ2) is 7.02. The van der Waals surface area contributed by atoms with E-state index in [-0.39, 0.29) is 18.1 Å². The van der Waals surface area contributed by atoms with E-state index in [9.17, 15) is 13.6 Å². The molecule has 0 spiro atoms. The van der Waals surface area contributed by atoms with Crippen LogP contribution in [0.15, 0.2) is 34.7 Å². The van der Waals surface area contributed by atoms with Crippen LogP contribution in [0.1, 0.15) is 26.9 Å². The van der Waals surface area contributed by atoms with Crippen LogP contribution in [0.5, 0.6) is 5.75 Å². The van der Waals surface area contributed by atoms with E-state index in [1.54, 1.807) is 6.07 Å². The first-order valence-corrected chi connectivity index (χ1v) is 8.16. The molecule has 0 unspecified atom stereocenters. The molecule has 0 aliphatic rings. The number of furan rings is 1. The molecule has 0 atom stereocenters. The van der Waals surface area contributed by atoms with Crippen molar-refractivity contribution >= 4 is 22.4 Å². The molecular weight excluding hydrogens is 350 g/mol. The number of nitrogens with one attached hydrogen (secondary N) is 1. The van der Waals surface area contributed by atoms with E-state index in [2.05, 4.69) is 10.3 Å². The number of amides is 1. The third-order valence-corrected chi connectivity index (χ3v) is 4.39. The molecule has 1 amide bonds. The van der Waals surface area contributed by atoms with Crippen molar-refractivity contribution in [2.24, 2.45) is 0 Å². The minimum atomic E-state index is -0.806. The number of halogens is 2. The summed E-state index contributed by atoms with van der Waals surface area (Å²) in [5.74, 6) is -1.61. The Balaban J connectivity index is 1.62. The van der Waals surface area contributed by atoms with Crippen LogP contribution >= 0.6 is 11.3 Å². The van der Waals surface area contributed by atoms with E-state index in [0.29, 0.717) is 10.9 Å². The van der Waals surface area contributed by atoms with Gasteiger partial charge in [0.2, 0.25) is 0 Å². The van der Waals surface area contributed by atoms with Gasteiger partial charge in [-0.1, -0.05) is 0 Å². The van der Waals surface area contributed by atoms with Gasteiger partial charge in [0.25, 0.3) is 5.91 Å². The number of nitrogens with zero attached hydrogens (tertiary/aromatic N) is 1. The van der Waals surface area contributed by atoms with Crippen LogP contribution in [0, 0.1) is 25.5 Å². The molecule has 0 saturated heterocycles. The molecule has 5 nitrogen and oxygen atoms in total. The number of hydrogen-bond acceptors (Lipinski definition) is 5. The van der Waals surface area contributed by atoms with E-state index in [4.69, 9.17) is 9.15 Å². The maximum atomic E-state index is 13.5. The Morgan fingerprint density at radius 3 is 2.76 bits per heavy atom. The Labute approximate surface area is 146 Å². The molecule has 0 radical (unpaired) electrons. The number of carbonyl (C=O) groups is 1. The normalized spacial score (nSPS) is 10.7. The van der Waals surface area contributed by atoms with Crippen LogP contribution in [0.4, 0.5) is 13.9 Å². The Morgan fingerprint density at radius 2 is 2.08 bits per heavy atom. The van der Waals surface area contributed by atoms with Gasteiger partial charge in [0, 0.05) is 10.9 Å². The first kappa shape index (κ1) is 17.1. The number of carbonyl (C=O) groups excluding carboxylic acids is 1. The molecule has 0 aliphatic heterocycles. The zero-order valence-corrected chi connectivity index (χ0v) is 14.2. The van der Waals surface area contributed by atoms with Gasteiger partial charge in [0.1, 0.15) is 18.2 Å². The highest BCUT2D eigenvalue weighted by Crippen LogP contribution is 2.23. The van der Waals surface area contributed by atoms with Crippen molar-refractivity contribution in [3.8, 4) is 5.75 Å². The number of anilines is 1. The number of rotatable bonds is 5. The lowest BCUT2D eigenvalue weighted by Crippen LogP contribution is -2.10. The van der Waals surface area contributed by atoms with E-state index in [1.807, 2.05) is 13.8 Å². The van der Waals surface area contributed by atoms with Gasteiger partial charge in [0.05, 0.1) is 5.69 Å². The Morgan fingerprint density at radius 1 is 1.28 bits per heavy atom. The van der Waals surface area contributed by atoms with Gasteiger partial charge < -0.3 is 9.15 Å². The summed E-state index contributed by atoms with van der Waals surface area (Å²) in [4.78, 5) is 17.4. The molecule has 8 heteroatoms. The Kier molecular flexibility index (Phi) is 4.80. The van der Waals surface area contributed by atoms with Crippen LogP contribution in [0.3, 0.4) is 0 Å². The first-order chi connectivity index (χ1) is 11.9. The minimum Gasteiger partial charge on any atom is -0.483 e. The topological polar surface area (TPSA) is 64.4 Å². The average molecular weight is 364 g/mol. The van der Waals surface area contributed by atoms with Gasteiger partial charge in [-0.15, -0.1) is 11.3 Å². The standard InChI is InChI=1S/C17H14F2N2O3S/c1-9-10(2)25-17(20-9)21-16(22)15-6-4-12(24-15)8-23-14-5-3-11(18)7-13(14)19/h3-7H,8H2,1-2H3,(H,20,21,22). The number of ether oxygens (including phenoxy) is 1. The number of aryl methyl sites for hydroxylation is 2. The predicted molar refractivity (Wildman–Crippen MR) is 88.9 cm³/mol. The summed E-state index contributed by atoms with van der Waals surface area (Å²) in [6.07, 6.45) is 0. The second-order valence-corrected chi connectivity index (χ2v) is 6.45. The maximum Gasteiger partial charge on any atom is 0.293 e. The molecule has 130 valence electrons.